The van der Waals surface area contributed by atoms with Crippen LogP contribution in [0.15, 0.2) is 39.5 Å². The summed E-state index contributed by atoms with van der Waals surface area (Å²) in [4.78, 5) is 12.4. The molecule has 0 aliphatic heterocycles. The number of halogens is 1. The third-order valence-electron chi connectivity index (χ3n) is 3.07. The summed E-state index contributed by atoms with van der Waals surface area (Å²) in [6.45, 7) is 1.89. The molecule has 0 saturated carbocycles. The van der Waals surface area contributed by atoms with Gasteiger partial charge in [0.25, 0.3) is 0 Å². The molecule has 0 spiro atoms. The fraction of sp³-hybridized carbons (Fsp3) is 0.143. The Balaban J connectivity index is 2.15. The zero-order chi connectivity index (χ0) is 13.6. The molecule has 1 aromatic carbocycles. The Bertz CT molecular complexity index is 786. The first-order valence-corrected chi connectivity index (χ1v) is 6.57. The largest absolute Gasteiger partial charge is 0.452 e. The standard InChI is InChI=1S/C14H11BrN2O2/c1-8-11-4-3-10(15)5-12(11)19-14(8)13(18)9-6-16-17(2)7-9/h3-7H,1-2H3. The molecule has 0 fully saturated rings. The van der Waals surface area contributed by atoms with Crippen LogP contribution >= 0.6 is 15.9 Å². The second-order valence-electron chi connectivity index (χ2n) is 4.43. The predicted octanol–water partition coefficient (Wildman–Crippen LogP) is 3.47. The molecule has 5 heteroatoms. The Labute approximate surface area is 118 Å². The fourth-order valence-corrected chi connectivity index (χ4v) is 2.43. The van der Waals surface area contributed by atoms with Gasteiger partial charge in [0.15, 0.2) is 5.76 Å². The van der Waals surface area contributed by atoms with Crippen molar-refractivity contribution >= 4 is 32.7 Å². The smallest absolute Gasteiger partial charge is 0.231 e. The van der Waals surface area contributed by atoms with Crippen LogP contribution in [0.3, 0.4) is 0 Å². The van der Waals surface area contributed by atoms with Gasteiger partial charge in [-0.25, -0.2) is 0 Å². The maximum atomic E-state index is 12.4. The molecule has 96 valence electrons. The van der Waals surface area contributed by atoms with Crippen LogP contribution in [0.1, 0.15) is 21.7 Å². The average molecular weight is 319 g/mol. The molecule has 3 rings (SSSR count). The van der Waals surface area contributed by atoms with Gasteiger partial charge in [-0.1, -0.05) is 15.9 Å². The minimum Gasteiger partial charge on any atom is -0.452 e. The second kappa shape index (κ2) is 4.35. The average Bonchev–Trinajstić information content (AvgIpc) is 2.93. The van der Waals surface area contributed by atoms with Gasteiger partial charge in [-0.05, 0) is 25.1 Å². The van der Waals surface area contributed by atoms with Gasteiger partial charge in [0.2, 0.25) is 5.78 Å². The van der Waals surface area contributed by atoms with E-state index in [0.29, 0.717) is 16.9 Å². The monoisotopic (exact) mass is 318 g/mol. The Hall–Kier alpha value is -1.88. The molecular formula is C14H11BrN2O2. The van der Waals surface area contributed by atoms with Crippen LogP contribution < -0.4 is 0 Å². The number of nitrogens with zero attached hydrogens (tertiary/aromatic N) is 2. The van der Waals surface area contributed by atoms with Crippen molar-refractivity contribution in [3.8, 4) is 0 Å². The maximum Gasteiger partial charge on any atom is 0.231 e. The molecule has 0 amide bonds. The molecule has 4 nitrogen and oxygen atoms in total. The summed E-state index contributed by atoms with van der Waals surface area (Å²) < 4.78 is 8.21. The Morgan fingerprint density at radius 1 is 1.42 bits per heavy atom. The zero-order valence-corrected chi connectivity index (χ0v) is 12.1. The minimum atomic E-state index is -0.141. The number of aromatic nitrogens is 2. The molecule has 0 radical (unpaired) electrons. The summed E-state index contributed by atoms with van der Waals surface area (Å²) in [5.41, 5.74) is 2.10. The molecule has 2 aromatic heterocycles. The Morgan fingerprint density at radius 2 is 2.21 bits per heavy atom. The third kappa shape index (κ3) is 2.00. The first-order chi connectivity index (χ1) is 9.06. The number of ketones is 1. The number of carbonyl (C=O) groups is 1. The van der Waals surface area contributed by atoms with E-state index in [2.05, 4.69) is 21.0 Å². The summed E-state index contributed by atoms with van der Waals surface area (Å²) in [5.74, 6) is 0.235. The molecular weight excluding hydrogens is 308 g/mol. The number of fused-ring (bicyclic) bond motifs is 1. The van der Waals surface area contributed by atoms with Crippen molar-refractivity contribution in [2.75, 3.05) is 0 Å². The van der Waals surface area contributed by atoms with Crippen molar-refractivity contribution < 1.29 is 9.21 Å². The van der Waals surface area contributed by atoms with E-state index >= 15 is 0 Å². The van der Waals surface area contributed by atoms with Crippen LogP contribution in [0.5, 0.6) is 0 Å². The highest BCUT2D eigenvalue weighted by Crippen LogP contribution is 2.29. The Morgan fingerprint density at radius 3 is 2.89 bits per heavy atom. The van der Waals surface area contributed by atoms with Gasteiger partial charge in [-0.3, -0.25) is 9.48 Å². The normalized spacial score (nSPS) is 11.1. The van der Waals surface area contributed by atoms with Gasteiger partial charge in [-0.15, -0.1) is 0 Å². The van der Waals surface area contributed by atoms with Crippen molar-refractivity contribution in [1.29, 1.82) is 0 Å². The van der Waals surface area contributed by atoms with Crippen LogP contribution in [0.4, 0.5) is 0 Å². The SMILES string of the molecule is Cc1c(C(=O)c2cnn(C)c2)oc2cc(Br)ccc12. The highest BCUT2D eigenvalue weighted by molar-refractivity contribution is 9.10. The van der Waals surface area contributed by atoms with E-state index in [1.165, 1.54) is 0 Å². The number of aryl methyl sites for hydroxylation is 2. The van der Waals surface area contributed by atoms with Crippen LogP contribution in [0.25, 0.3) is 11.0 Å². The molecule has 0 unspecified atom stereocenters. The zero-order valence-electron chi connectivity index (χ0n) is 10.5. The molecule has 2 heterocycles. The van der Waals surface area contributed by atoms with Gasteiger partial charge in [0, 0.05) is 28.7 Å². The van der Waals surface area contributed by atoms with E-state index in [-0.39, 0.29) is 5.78 Å². The highest BCUT2D eigenvalue weighted by Gasteiger charge is 2.20. The van der Waals surface area contributed by atoms with E-state index in [0.717, 1.165) is 15.4 Å². The first-order valence-electron chi connectivity index (χ1n) is 5.78. The van der Waals surface area contributed by atoms with Gasteiger partial charge < -0.3 is 4.42 Å². The number of furan rings is 1. The maximum absolute atomic E-state index is 12.4. The number of hydrogen-bond donors (Lipinski definition) is 0. The molecule has 0 saturated heterocycles. The van der Waals surface area contributed by atoms with Gasteiger partial charge >= 0.3 is 0 Å². The summed E-state index contributed by atoms with van der Waals surface area (Å²) >= 11 is 3.39. The quantitative estimate of drug-likeness (QED) is 0.680. The molecule has 0 aliphatic carbocycles. The van der Waals surface area contributed by atoms with Crippen molar-refractivity contribution in [3.05, 3.63) is 52.0 Å². The number of rotatable bonds is 2. The van der Waals surface area contributed by atoms with Gasteiger partial charge in [0.05, 0.1) is 11.8 Å². The van der Waals surface area contributed by atoms with E-state index in [9.17, 15) is 4.79 Å². The van der Waals surface area contributed by atoms with Crippen molar-refractivity contribution in [1.82, 2.24) is 9.78 Å². The van der Waals surface area contributed by atoms with Gasteiger partial charge in [-0.2, -0.15) is 5.10 Å². The summed E-state index contributed by atoms with van der Waals surface area (Å²) in [5, 5.41) is 4.96. The van der Waals surface area contributed by atoms with Crippen molar-refractivity contribution in [2.24, 2.45) is 7.05 Å². The van der Waals surface area contributed by atoms with Crippen LogP contribution in [0.2, 0.25) is 0 Å². The van der Waals surface area contributed by atoms with Crippen LogP contribution in [-0.2, 0) is 7.05 Å². The minimum absolute atomic E-state index is 0.141. The second-order valence-corrected chi connectivity index (χ2v) is 5.34. The lowest BCUT2D eigenvalue weighted by atomic mass is 10.1. The summed E-state index contributed by atoms with van der Waals surface area (Å²) in [7, 11) is 1.78. The molecule has 0 aliphatic rings. The van der Waals surface area contributed by atoms with Crippen molar-refractivity contribution in [3.63, 3.8) is 0 Å². The van der Waals surface area contributed by atoms with E-state index in [1.54, 1.807) is 24.1 Å². The molecule has 0 bridgehead atoms. The summed E-state index contributed by atoms with van der Waals surface area (Å²) in [6, 6.07) is 5.74. The summed E-state index contributed by atoms with van der Waals surface area (Å²) in [6.07, 6.45) is 3.23. The van der Waals surface area contributed by atoms with Crippen LogP contribution in [-0.4, -0.2) is 15.6 Å². The fourth-order valence-electron chi connectivity index (χ4n) is 2.09. The van der Waals surface area contributed by atoms with Gasteiger partial charge in [0.1, 0.15) is 5.58 Å². The molecule has 0 atom stereocenters. The van der Waals surface area contributed by atoms with Crippen LogP contribution in [0, 0.1) is 6.92 Å². The topological polar surface area (TPSA) is 48.0 Å². The lowest BCUT2D eigenvalue weighted by Gasteiger charge is -1.94. The molecule has 3 aromatic rings. The Kier molecular flexibility index (Phi) is 2.78. The number of hydrogen-bond acceptors (Lipinski definition) is 3. The van der Waals surface area contributed by atoms with Crippen molar-refractivity contribution in [2.45, 2.75) is 6.92 Å². The van der Waals surface area contributed by atoms with E-state index < -0.39 is 0 Å². The highest BCUT2D eigenvalue weighted by atomic mass is 79.9. The van der Waals surface area contributed by atoms with E-state index in [1.807, 2.05) is 25.1 Å². The first kappa shape index (κ1) is 12.2. The number of carbonyl (C=O) groups excluding carboxylic acids is 1. The lowest BCUT2D eigenvalue weighted by Crippen LogP contribution is -2.00. The molecule has 0 N–H and O–H groups in total. The third-order valence-corrected chi connectivity index (χ3v) is 3.57. The number of benzene rings is 1. The predicted molar refractivity (Wildman–Crippen MR) is 75.3 cm³/mol. The molecule has 19 heavy (non-hydrogen) atoms. The van der Waals surface area contributed by atoms with E-state index in [4.69, 9.17) is 4.42 Å². The lowest BCUT2D eigenvalue weighted by molar-refractivity contribution is 0.101.